The van der Waals surface area contributed by atoms with Gasteiger partial charge < -0.3 is 14.0 Å². The minimum Gasteiger partial charge on any atom is -0.496 e. The molecule has 1 atom stereocenters. The zero-order chi connectivity index (χ0) is 33.5. The second kappa shape index (κ2) is 12.6. The molecule has 0 unspecified atom stereocenters. The maximum Gasteiger partial charge on any atom is 0.338 e. The predicted molar refractivity (Wildman–Crippen MR) is 192 cm³/mol. The molecule has 0 N–H and O–H groups in total. The average molecular weight is 654 g/mol. The van der Waals surface area contributed by atoms with Crippen LogP contribution in [0.2, 0.25) is 0 Å². The molecule has 8 heteroatoms. The van der Waals surface area contributed by atoms with E-state index in [1.54, 1.807) is 25.5 Å². The lowest BCUT2D eigenvalue weighted by Gasteiger charge is -2.27. The van der Waals surface area contributed by atoms with Gasteiger partial charge in [0.2, 0.25) is 0 Å². The van der Waals surface area contributed by atoms with E-state index in [2.05, 4.69) is 60.9 Å². The normalized spacial score (nSPS) is 14.6. The third-order valence-electron chi connectivity index (χ3n) is 8.93. The third kappa shape index (κ3) is 5.28. The van der Waals surface area contributed by atoms with Crippen molar-refractivity contribution in [3.8, 4) is 22.6 Å². The smallest absolute Gasteiger partial charge is 0.338 e. The number of esters is 1. The van der Waals surface area contributed by atoms with Crippen LogP contribution in [-0.4, -0.2) is 28.8 Å². The van der Waals surface area contributed by atoms with Crippen LogP contribution in [0.15, 0.2) is 118 Å². The summed E-state index contributed by atoms with van der Waals surface area (Å²) < 4.78 is 15.7. The van der Waals surface area contributed by atoms with Gasteiger partial charge in [0.25, 0.3) is 5.56 Å². The molecule has 1 aliphatic heterocycles. The summed E-state index contributed by atoms with van der Waals surface area (Å²) in [5, 5.41) is 1.85. The van der Waals surface area contributed by atoms with E-state index in [4.69, 9.17) is 14.5 Å². The first kappa shape index (κ1) is 31.1. The van der Waals surface area contributed by atoms with Gasteiger partial charge in [-0.1, -0.05) is 84.1 Å². The van der Waals surface area contributed by atoms with Crippen LogP contribution in [0.1, 0.15) is 42.4 Å². The van der Waals surface area contributed by atoms with Crippen molar-refractivity contribution in [1.82, 2.24) is 9.13 Å². The van der Waals surface area contributed by atoms with Crippen LogP contribution >= 0.6 is 11.3 Å². The van der Waals surface area contributed by atoms with Crippen LogP contribution in [0.25, 0.3) is 33.7 Å². The van der Waals surface area contributed by atoms with Crippen molar-refractivity contribution < 1.29 is 14.3 Å². The van der Waals surface area contributed by atoms with Crippen LogP contribution in [0.3, 0.4) is 0 Å². The molecule has 0 saturated carbocycles. The number of ether oxygens (including phenoxy) is 2. The van der Waals surface area contributed by atoms with Crippen LogP contribution in [-0.2, 0) is 9.53 Å². The van der Waals surface area contributed by atoms with Crippen LogP contribution < -0.4 is 19.6 Å². The highest BCUT2D eigenvalue weighted by molar-refractivity contribution is 7.07. The van der Waals surface area contributed by atoms with Crippen LogP contribution in [0, 0.1) is 13.8 Å². The Bertz CT molecular complexity index is 2420. The number of fused-ring (bicyclic) bond motifs is 2. The number of thiazole rings is 1. The topological polar surface area (TPSA) is 74.8 Å². The fourth-order valence-corrected chi connectivity index (χ4v) is 7.74. The first-order valence-electron chi connectivity index (χ1n) is 15.9. The van der Waals surface area contributed by atoms with Crippen molar-refractivity contribution in [3.63, 3.8) is 0 Å². The fourth-order valence-electron chi connectivity index (χ4n) is 6.71. The first-order valence-corrected chi connectivity index (χ1v) is 16.7. The maximum atomic E-state index is 14.5. The zero-order valence-electron chi connectivity index (χ0n) is 27.5. The molecular formula is C40H35N3O4S. The van der Waals surface area contributed by atoms with Gasteiger partial charge in [0, 0.05) is 22.6 Å². The SMILES string of the molecule is CCOC(=O)C1=C(C)N=c2s/c(=C\c3cc(C)n(-c4ccc(-c5ccccc5)cc4)c3C)c(=O)n2[C@H]1c1c(OC)ccc2ccccc12. The molecule has 0 radical (unpaired) electrons. The Morgan fingerprint density at radius 1 is 0.917 bits per heavy atom. The monoisotopic (exact) mass is 653 g/mol. The van der Waals surface area contributed by atoms with Gasteiger partial charge in [0.05, 0.1) is 29.5 Å². The second-order valence-electron chi connectivity index (χ2n) is 11.8. The lowest BCUT2D eigenvalue weighted by atomic mass is 9.90. The van der Waals surface area contributed by atoms with E-state index in [-0.39, 0.29) is 12.2 Å². The molecule has 240 valence electrons. The number of hydrogen-bond donors (Lipinski definition) is 0. The van der Waals surface area contributed by atoms with Crippen molar-refractivity contribution in [2.45, 2.75) is 33.7 Å². The van der Waals surface area contributed by atoms with E-state index in [1.807, 2.05) is 60.7 Å². The van der Waals surface area contributed by atoms with Gasteiger partial charge in [-0.05, 0) is 85.5 Å². The molecular weight excluding hydrogens is 619 g/mol. The number of benzene rings is 4. The molecule has 2 aromatic heterocycles. The summed E-state index contributed by atoms with van der Waals surface area (Å²) >= 11 is 1.32. The van der Waals surface area contributed by atoms with Gasteiger partial charge >= 0.3 is 5.97 Å². The molecule has 7 nitrogen and oxygen atoms in total. The summed E-state index contributed by atoms with van der Waals surface area (Å²) in [6, 6.07) is 31.9. The minimum atomic E-state index is -0.793. The highest BCUT2D eigenvalue weighted by Gasteiger charge is 2.36. The number of carbonyl (C=O) groups is 1. The number of nitrogens with zero attached hydrogens (tertiary/aromatic N) is 3. The molecule has 7 rings (SSSR count). The van der Waals surface area contributed by atoms with Gasteiger partial charge in [0.15, 0.2) is 4.80 Å². The molecule has 3 heterocycles. The Kier molecular flexibility index (Phi) is 8.19. The average Bonchev–Trinajstić information content (AvgIpc) is 3.56. The van der Waals surface area contributed by atoms with Crippen LogP contribution in [0.5, 0.6) is 5.75 Å². The number of methoxy groups -OCH3 is 1. The number of hydrogen-bond acceptors (Lipinski definition) is 6. The number of aryl methyl sites for hydroxylation is 1. The van der Waals surface area contributed by atoms with E-state index in [0.717, 1.165) is 44.5 Å². The molecule has 4 aromatic carbocycles. The molecule has 0 fully saturated rings. The summed E-state index contributed by atoms with van der Waals surface area (Å²) in [7, 11) is 1.60. The summed E-state index contributed by atoms with van der Waals surface area (Å²) in [6.07, 6.45) is 1.93. The molecule has 0 spiro atoms. The van der Waals surface area contributed by atoms with Crippen molar-refractivity contribution in [1.29, 1.82) is 0 Å². The molecule has 48 heavy (non-hydrogen) atoms. The molecule has 0 amide bonds. The van der Waals surface area contributed by atoms with Gasteiger partial charge in [-0.2, -0.15) is 0 Å². The lowest BCUT2D eigenvalue weighted by Crippen LogP contribution is -2.40. The minimum absolute atomic E-state index is 0.198. The number of allylic oxidation sites excluding steroid dienone is 1. The Morgan fingerprint density at radius 2 is 1.62 bits per heavy atom. The summed E-state index contributed by atoms with van der Waals surface area (Å²) in [5.41, 5.74) is 7.69. The largest absolute Gasteiger partial charge is 0.496 e. The standard InChI is InChI=1S/C40H35N3O4S/c1-6-47-39(45)35-25(3)41-40-43(37(35)36-32-15-11-10-14-29(32)18-21-33(36)46-5)38(44)34(48-40)23-30-22-24(2)42(26(30)4)31-19-16-28(17-20-31)27-12-8-7-9-13-27/h7-23,37H,6H2,1-5H3/b34-23-/t37-/m1/s1. The van der Waals surface area contributed by atoms with E-state index < -0.39 is 12.0 Å². The van der Waals surface area contributed by atoms with Crippen molar-refractivity contribution in [3.05, 3.63) is 151 Å². The molecule has 0 bridgehead atoms. The lowest BCUT2D eigenvalue weighted by molar-refractivity contribution is -0.139. The quantitative estimate of drug-likeness (QED) is 0.173. The number of carbonyl (C=O) groups excluding carboxylic acids is 1. The Balaban J connectivity index is 1.38. The van der Waals surface area contributed by atoms with Crippen molar-refractivity contribution in [2.75, 3.05) is 13.7 Å². The predicted octanol–water partition coefficient (Wildman–Crippen LogP) is 7.03. The summed E-state index contributed by atoms with van der Waals surface area (Å²) in [6.45, 7) is 7.89. The van der Waals surface area contributed by atoms with E-state index >= 15 is 0 Å². The molecule has 0 saturated heterocycles. The van der Waals surface area contributed by atoms with Crippen LogP contribution in [0.4, 0.5) is 0 Å². The summed E-state index contributed by atoms with van der Waals surface area (Å²) in [4.78, 5) is 33.3. The highest BCUT2D eigenvalue weighted by atomic mass is 32.1. The number of aromatic nitrogens is 2. The van der Waals surface area contributed by atoms with E-state index in [1.165, 1.54) is 16.9 Å². The second-order valence-corrected chi connectivity index (χ2v) is 12.8. The third-order valence-corrected chi connectivity index (χ3v) is 9.91. The molecule has 0 aliphatic carbocycles. The van der Waals surface area contributed by atoms with Gasteiger partial charge in [-0.15, -0.1) is 0 Å². The fraction of sp³-hybridized carbons (Fsp3) is 0.175. The zero-order valence-corrected chi connectivity index (χ0v) is 28.3. The Labute approximate surface area is 282 Å². The number of rotatable bonds is 7. The highest BCUT2D eigenvalue weighted by Crippen LogP contribution is 2.40. The molecule has 6 aromatic rings. The molecule has 1 aliphatic rings. The van der Waals surface area contributed by atoms with Crippen molar-refractivity contribution in [2.24, 2.45) is 4.99 Å². The maximum absolute atomic E-state index is 14.5. The van der Waals surface area contributed by atoms with E-state index in [0.29, 0.717) is 26.4 Å². The van der Waals surface area contributed by atoms with Crippen molar-refractivity contribution >= 4 is 34.2 Å². The summed E-state index contributed by atoms with van der Waals surface area (Å²) in [5.74, 6) is 0.0708. The van der Waals surface area contributed by atoms with Gasteiger partial charge in [0.1, 0.15) is 11.8 Å². The Morgan fingerprint density at radius 3 is 2.35 bits per heavy atom. The first-order chi connectivity index (χ1) is 23.3. The van der Waals surface area contributed by atoms with Gasteiger partial charge in [-0.3, -0.25) is 9.36 Å². The van der Waals surface area contributed by atoms with Gasteiger partial charge in [-0.25, -0.2) is 9.79 Å². The Hall–Kier alpha value is -5.47. The van der Waals surface area contributed by atoms with E-state index in [9.17, 15) is 9.59 Å².